The highest BCUT2D eigenvalue weighted by Gasteiger charge is 2.49. The van der Waals surface area contributed by atoms with Gasteiger partial charge in [-0.25, -0.2) is 4.98 Å². The molecule has 1 aromatic heterocycles. The summed E-state index contributed by atoms with van der Waals surface area (Å²) in [5, 5.41) is 0. The van der Waals surface area contributed by atoms with Gasteiger partial charge in [-0.15, -0.1) is 0 Å². The Labute approximate surface area is 221 Å². The first-order valence-corrected chi connectivity index (χ1v) is 13.1. The summed E-state index contributed by atoms with van der Waals surface area (Å²) in [6, 6.07) is 6.73. The fourth-order valence-corrected chi connectivity index (χ4v) is 6.22. The molecular weight excluding hydrogens is 495 g/mol. The van der Waals surface area contributed by atoms with Crippen molar-refractivity contribution in [2.24, 2.45) is 11.8 Å². The summed E-state index contributed by atoms with van der Waals surface area (Å²) >= 11 is 0. The lowest BCUT2D eigenvalue weighted by atomic mass is 9.92. The predicted octanol–water partition coefficient (Wildman–Crippen LogP) is 4.26. The molecule has 2 fully saturated rings. The predicted molar refractivity (Wildman–Crippen MR) is 140 cm³/mol. The number of rotatable bonds is 3. The van der Waals surface area contributed by atoms with E-state index in [1.54, 1.807) is 11.9 Å². The van der Waals surface area contributed by atoms with E-state index in [2.05, 4.69) is 21.8 Å². The molecule has 2 amide bonds. The second kappa shape index (κ2) is 9.87. The molecule has 0 spiro atoms. The molecule has 1 aromatic carbocycles. The number of likely N-dealkylation sites (N-methyl/N-ethyl adjacent to an activating group) is 1. The fourth-order valence-electron chi connectivity index (χ4n) is 6.22. The molecule has 2 atom stereocenters. The molecule has 3 aliphatic heterocycles. The van der Waals surface area contributed by atoms with Crippen LogP contribution >= 0.6 is 0 Å². The minimum absolute atomic E-state index is 0.0757. The van der Waals surface area contributed by atoms with Gasteiger partial charge in [0.1, 0.15) is 11.9 Å². The molecule has 204 valence electrons. The number of anilines is 3. The number of benzene rings is 1. The van der Waals surface area contributed by atoms with Crippen LogP contribution in [0.1, 0.15) is 36.1 Å². The van der Waals surface area contributed by atoms with Crippen LogP contribution in [-0.4, -0.2) is 68.0 Å². The number of carbonyl (C=O) groups is 2. The zero-order valence-corrected chi connectivity index (χ0v) is 22.3. The summed E-state index contributed by atoms with van der Waals surface area (Å²) in [6.07, 6.45) is -2.38. The minimum Gasteiger partial charge on any atom is -0.369 e. The number of amides is 2. The fraction of sp³-hybridized carbons (Fsp3) is 0.536. The standard InChI is InChI=1S/C28H34F3N5O2/c1-17-6-5-7-22-25(17)35(15-19-8-10-33(3)11-9-19)16-20-13-24(37)36(26(20)27(38)34(22)4)23-14-21(28(29,30)31)12-18(2)32-23/h5-7,12,14,19-20,26H,8-11,13,15-16H2,1-4H3. The SMILES string of the molecule is Cc1cc(C(F)(F)F)cc(N2C(=O)CC3CN(CC4CCN(C)CC4)c4c(C)cccc4N(C)C(=O)C32)n1. The maximum absolute atomic E-state index is 13.9. The highest BCUT2D eigenvalue weighted by atomic mass is 19.4. The summed E-state index contributed by atoms with van der Waals surface area (Å²) in [4.78, 5) is 39.0. The number of aryl methyl sites for hydroxylation is 2. The first-order valence-electron chi connectivity index (χ1n) is 13.1. The number of pyridine rings is 1. The van der Waals surface area contributed by atoms with E-state index in [4.69, 9.17) is 0 Å². The molecule has 2 saturated heterocycles. The third kappa shape index (κ3) is 4.86. The normalized spacial score (nSPS) is 23.4. The molecule has 10 heteroatoms. The van der Waals surface area contributed by atoms with Crippen molar-refractivity contribution in [1.82, 2.24) is 9.88 Å². The molecule has 38 heavy (non-hydrogen) atoms. The van der Waals surface area contributed by atoms with E-state index in [1.807, 2.05) is 25.1 Å². The summed E-state index contributed by atoms with van der Waals surface area (Å²) in [5.74, 6) is -0.728. The zero-order chi connectivity index (χ0) is 27.4. The van der Waals surface area contributed by atoms with E-state index < -0.39 is 17.8 Å². The van der Waals surface area contributed by atoms with Crippen molar-refractivity contribution < 1.29 is 22.8 Å². The summed E-state index contributed by atoms with van der Waals surface area (Å²) in [7, 11) is 3.81. The quantitative estimate of drug-likeness (QED) is 0.595. The van der Waals surface area contributed by atoms with Gasteiger partial charge in [-0.3, -0.25) is 14.5 Å². The van der Waals surface area contributed by atoms with E-state index in [0.29, 0.717) is 12.5 Å². The number of aromatic nitrogens is 1. The third-order valence-electron chi connectivity index (χ3n) is 8.19. The van der Waals surface area contributed by atoms with Gasteiger partial charge >= 0.3 is 6.18 Å². The van der Waals surface area contributed by atoms with Crippen LogP contribution < -0.4 is 14.7 Å². The smallest absolute Gasteiger partial charge is 0.369 e. The molecule has 0 N–H and O–H groups in total. The van der Waals surface area contributed by atoms with Crippen LogP contribution in [0, 0.1) is 25.7 Å². The number of carbonyl (C=O) groups excluding carboxylic acids is 2. The van der Waals surface area contributed by atoms with Crippen LogP contribution in [0.25, 0.3) is 0 Å². The zero-order valence-electron chi connectivity index (χ0n) is 22.3. The average Bonchev–Trinajstić information content (AvgIpc) is 3.17. The van der Waals surface area contributed by atoms with Crippen LogP contribution in [0.4, 0.5) is 30.4 Å². The minimum atomic E-state index is -4.59. The van der Waals surface area contributed by atoms with Crippen molar-refractivity contribution >= 4 is 29.0 Å². The molecule has 2 unspecified atom stereocenters. The number of fused-ring (bicyclic) bond motifs is 2. The van der Waals surface area contributed by atoms with Crippen LogP contribution in [0.2, 0.25) is 0 Å². The summed E-state index contributed by atoms with van der Waals surface area (Å²) in [6.45, 7) is 6.80. The molecule has 0 radical (unpaired) electrons. The second-order valence-electron chi connectivity index (χ2n) is 11.0. The van der Waals surface area contributed by atoms with Crippen LogP contribution in [0.3, 0.4) is 0 Å². The van der Waals surface area contributed by atoms with Crippen molar-refractivity contribution in [3.05, 3.63) is 47.2 Å². The maximum atomic E-state index is 13.9. The number of alkyl halides is 3. The van der Waals surface area contributed by atoms with Gasteiger partial charge in [0.2, 0.25) is 11.8 Å². The highest BCUT2D eigenvalue weighted by molar-refractivity contribution is 6.10. The maximum Gasteiger partial charge on any atom is 0.416 e. The monoisotopic (exact) mass is 529 g/mol. The van der Waals surface area contributed by atoms with Gasteiger partial charge in [-0.05, 0) is 76.5 Å². The first kappa shape index (κ1) is 26.5. The molecule has 0 aliphatic carbocycles. The number of halogens is 3. The number of piperidine rings is 1. The van der Waals surface area contributed by atoms with Crippen molar-refractivity contribution in [2.75, 3.05) is 55.0 Å². The third-order valence-corrected chi connectivity index (χ3v) is 8.19. The number of nitrogens with zero attached hydrogens (tertiary/aromatic N) is 5. The summed E-state index contributed by atoms with van der Waals surface area (Å²) < 4.78 is 40.8. The van der Waals surface area contributed by atoms with Gasteiger partial charge in [0.15, 0.2) is 0 Å². The van der Waals surface area contributed by atoms with Gasteiger partial charge < -0.3 is 14.7 Å². The second-order valence-corrected chi connectivity index (χ2v) is 11.0. The van der Waals surface area contributed by atoms with Gasteiger partial charge in [-0.1, -0.05) is 12.1 Å². The van der Waals surface area contributed by atoms with Crippen molar-refractivity contribution in [1.29, 1.82) is 0 Å². The lowest BCUT2D eigenvalue weighted by Crippen LogP contribution is -2.53. The number of hydrogen-bond acceptors (Lipinski definition) is 5. The largest absolute Gasteiger partial charge is 0.416 e. The van der Waals surface area contributed by atoms with E-state index in [0.717, 1.165) is 61.5 Å². The highest BCUT2D eigenvalue weighted by Crippen LogP contribution is 2.42. The Morgan fingerprint density at radius 3 is 2.45 bits per heavy atom. The van der Waals surface area contributed by atoms with Crippen LogP contribution in [0.5, 0.6) is 0 Å². The van der Waals surface area contributed by atoms with Gasteiger partial charge in [0, 0.05) is 38.2 Å². The summed E-state index contributed by atoms with van der Waals surface area (Å²) in [5.41, 5.74) is 2.04. The molecule has 7 nitrogen and oxygen atoms in total. The molecule has 0 bridgehead atoms. The Kier molecular flexibility index (Phi) is 6.87. The average molecular weight is 530 g/mol. The number of likely N-dealkylation sites (tertiary alicyclic amines) is 1. The van der Waals surface area contributed by atoms with E-state index >= 15 is 0 Å². The van der Waals surface area contributed by atoms with E-state index in [-0.39, 0.29) is 35.7 Å². The van der Waals surface area contributed by atoms with Crippen molar-refractivity contribution in [3.63, 3.8) is 0 Å². The van der Waals surface area contributed by atoms with E-state index in [9.17, 15) is 22.8 Å². The van der Waals surface area contributed by atoms with Gasteiger partial charge in [0.25, 0.3) is 0 Å². The Morgan fingerprint density at radius 2 is 1.76 bits per heavy atom. The lowest BCUT2D eigenvalue weighted by molar-refractivity contribution is -0.137. The molecule has 4 heterocycles. The Morgan fingerprint density at radius 1 is 1.05 bits per heavy atom. The molecular formula is C28H34F3N5O2. The Balaban J connectivity index is 1.56. The Hall–Kier alpha value is -3.14. The van der Waals surface area contributed by atoms with Gasteiger partial charge in [0.05, 0.1) is 16.9 Å². The van der Waals surface area contributed by atoms with Crippen molar-refractivity contribution in [2.45, 2.75) is 45.3 Å². The number of para-hydroxylation sites is 1. The Bertz CT molecular complexity index is 1240. The van der Waals surface area contributed by atoms with Crippen LogP contribution in [0.15, 0.2) is 30.3 Å². The van der Waals surface area contributed by atoms with E-state index in [1.165, 1.54) is 11.8 Å². The molecule has 3 aliphatic rings. The van der Waals surface area contributed by atoms with Gasteiger partial charge in [-0.2, -0.15) is 13.2 Å². The molecule has 2 aromatic rings. The van der Waals surface area contributed by atoms with Crippen LogP contribution in [-0.2, 0) is 15.8 Å². The topological polar surface area (TPSA) is 60.0 Å². The lowest BCUT2D eigenvalue weighted by Gasteiger charge is -2.41. The van der Waals surface area contributed by atoms with Crippen molar-refractivity contribution in [3.8, 4) is 0 Å². The molecule has 5 rings (SSSR count). The first-order chi connectivity index (χ1) is 17.9. The molecule has 0 saturated carbocycles. The number of hydrogen-bond donors (Lipinski definition) is 0.